The maximum atomic E-state index is 6.21. The van der Waals surface area contributed by atoms with Crippen LogP contribution in [0.15, 0.2) is 41.4 Å². The largest absolute Gasteiger partial charge is 0.366 e. The minimum absolute atomic E-state index is 0.714. The van der Waals surface area contributed by atoms with Gasteiger partial charge in [-0.15, -0.1) is 0 Å². The fourth-order valence-electron chi connectivity index (χ4n) is 2.02. The molecule has 0 saturated heterocycles. The van der Waals surface area contributed by atoms with Crippen molar-refractivity contribution >= 4 is 35.0 Å². The Morgan fingerprint density at radius 1 is 1.14 bits per heavy atom. The summed E-state index contributed by atoms with van der Waals surface area (Å²) in [5.74, 6) is 0. The number of nitrogens with zero attached hydrogens (tertiary/aromatic N) is 2. The predicted octanol–water partition coefficient (Wildman–Crippen LogP) is 5.31. The Hall–Kier alpha value is -2.00. The molecule has 4 heteroatoms. The Morgan fingerprint density at radius 3 is 2.55 bits per heavy atom. The van der Waals surface area contributed by atoms with Gasteiger partial charge in [-0.05, 0) is 56.2 Å². The highest BCUT2D eigenvalue weighted by Crippen LogP contribution is 2.31. The topological polar surface area (TPSA) is 27.6 Å². The molecular weight excluding hydrogens is 294 g/mol. The lowest BCUT2D eigenvalue weighted by molar-refractivity contribution is 0.552. The van der Waals surface area contributed by atoms with Crippen molar-refractivity contribution in [3.8, 4) is 0 Å². The van der Waals surface area contributed by atoms with Gasteiger partial charge in [0.25, 0.3) is 0 Å². The lowest BCUT2D eigenvalue weighted by atomic mass is 10.1. The maximum absolute atomic E-state index is 6.21. The third-order valence-corrected chi connectivity index (χ3v) is 3.91. The number of nitrogens with one attached hydrogen (secondary N) is 1. The molecule has 0 aliphatic carbocycles. The van der Waals surface area contributed by atoms with Gasteiger partial charge in [0.05, 0.1) is 22.7 Å². The molecule has 0 unspecified atom stereocenters. The van der Waals surface area contributed by atoms with Crippen LogP contribution in [0.2, 0.25) is 5.02 Å². The number of halogens is 1. The highest BCUT2D eigenvalue weighted by atomic mass is 35.5. The Labute approximate surface area is 137 Å². The lowest BCUT2D eigenvalue weighted by Crippen LogP contribution is -2.14. The summed E-state index contributed by atoms with van der Waals surface area (Å²) in [6.45, 7) is 7.17. The van der Waals surface area contributed by atoms with Crippen LogP contribution in [0, 0.1) is 13.8 Å². The minimum atomic E-state index is 0.714. The average molecular weight is 316 g/mol. The summed E-state index contributed by atoms with van der Waals surface area (Å²) < 4.78 is 0. The average Bonchev–Trinajstić information content (AvgIpc) is 2.51. The fraction of sp³-hybridized carbons (Fsp3) is 0.278. The summed E-state index contributed by atoms with van der Waals surface area (Å²) in [6.07, 6.45) is 1.86. The molecule has 0 bridgehead atoms. The van der Waals surface area contributed by atoms with Crippen LogP contribution in [-0.4, -0.2) is 24.8 Å². The molecule has 0 aromatic heterocycles. The molecule has 0 aliphatic heterocycles. The summed E-state index contributed by atoms with van der Waals surface area (Å²) in [4.78, 5) is 6.60. The zero-order chi connectivity index (χ0) is 16.1. The van der Waals surface area contributed by atoms with Crippen LogP contribution in [0.4, 0.5) is 17.1 Å². The Morgan fingerprint density at radius 2 is 1.86 bits per heavy atom. The molecule has 0 radical (unpaired) electrons. The Balaban J connectivity index is 2.27. The smallest absolute Gasteiger partial charge is 0.0909 e. The normalized spacial score (nSPS) is 11.0. The third-order valence-electron chi connectivity index (χ3n) is 3.58. The number of rotatable bonds is 5. The van der Waals surface area contributed by atoms with Crippen molar-refractivity contribution in [2.24, 2.45) is 4.99 Å². The maximum Gasteiger partial charge on any atom is 0.0909 e. The van der Waals surface area contributed by atoms with Gasteiger partial charge in [0, 0.05) is 19.3 Å². The van der Waals surface area contributed by atoms with Crippen LogP contribution < -0.4 is 5.32 Å². The van der Waals surface area contributed by atoms with Crippen LogP contribution in [-0.2, 0) is 0 Å². The first-order valence-electron chi connectivity index (χ1n) is 7.38. The zero-order valence-corrected chi connectivity index (χ0v) is 14.3. The van der Waals surface area contributed by atoms with Crippen LogP contribution in [0.3, 0.4) is 0 Å². The van der Waals surface area contributed by atoms with E-state index in [0.29, 0.717) is 5.02 Å². The lowest BCUT2D eigenvalue weighted by Gasteiger charge is -2.14. The summed E-state index contributed by atoms with van der Waals surface area (Å²) in [5.41, 5.74) is 5.21. The van der Waals surface area contributed by atoms with Gasteiger partial charge in [-0.2, -0.15) is 0 Å². The van der Waals surface area contributed by atoms with E-state index in [-0.39, 0.29) is 0 Å². The summed E-state index contributed by atoms with van der Waals surface area (Å²) in [6, 6.07) is 11.9. The van der Waals surface area contributed by atoms with Gasteiger partial charge in [0.15, 0.2) is 0 Å². The van der Waals surface area contributed by atoms with Crippen molar-refractivity contribution in [2.45, 2.75) is 20.8 Å². The monoisotopic (exact) mass is 315 g/mol. The van der Waals surface area contributed by atoms with E-state index in [9.17, 15) is 0 Å². The van der Waals surface area contributed by atoms with E-state index in [1.165, 1.54) is 0 Å². The van der Waals surface area contributed by atoms with Crippen LogP contribution >= 0.6 is 11.6 Å². The molecular formula is C18H22ClN3. The molecule has 0 spiro atoms. The second kappa shape index (κ2) is 7.32. The molecule has 1 N–H and O–H groups in total. The molecule has 0 fully saturated rings. The van der Waals surface area contributed by atoms with Crippen molar-refractivity contribution in [1.29, 1.82) is 0 Å². The van der Waals surface area contributed by atoms with E-state index < -0.39 is 0 Å². The van der Waals surface area contributed by atoms with Crippen LogP contribution in [0.1, 0.15) is 18.1 Å². The van der Waals surface area contributed by atoms with Crippen molar-refractivity contribution in [3.63, 3.8) is 0 Å². The molecule has 2 aromatic carbocycles. The van der Waals surface area contributed by atoms with E-state index in [1.54, 1.807) is 0 Å². The van der Waals surface area contributed by atoms with Gasteiger partial charge in [0.2, 0.25) is 0 Å². The van der Waals surface area contributed by atoms with E-state index in [1.807, 2.05) is 42.6 Å². The number of hydrogen-bond acceptors (Lipinski definition) is 2. The standard InChI is InChI=1S/C18H22ClN3/c1-5-22(4)12-20-17-10-14(3)18(11-13(17)2)21-16-9-7-6-8-15(16)19/h6-12,21H,5H2,1-4H3. The molecule has 0 saturated carbocycles. The van der Waals surface area contributed by atoms with Crippen molar-refractivity contribution in [2.75, 3.05) is 18.9 Å². The molecule has 2 rings (SSSR count). The van der Waals surface area contributed by atoms with Crippen molar-refractivity contribution in [1.82, 2.24) is 4.90 Å². The summed E-state index contributed by atoms with van der Waals surface area (Å²) >= 11 is 6.21. The molecule has 0 atom stereocenters. The highest BCUT2D eigenvalue weighted by molar-refractivity contribution is 6.33. The van der Waals surface area contributed by atoms with Gasteiger partial charge < -0.3 is 10.2 Å². The number of para-hydroxylation sites is 1. The van der Waals surface area contributed by atoms with Gasteiger partial charge in [0.1, 0.15) is 0 Å². The third kappa shape index (κ3) is 4.01. The summed E-state index contributed by atoms with van der Waals surface area (Å²) in [7, 11) is 2.01. The van der Waals surface area contributed by atoms with Gasteiger partial charge in [-0.3, -0.25) is 0 Å². The number of aryl methyl sites for hydroxylation is 2. The first-order valence-corrected chi connectivity index (χ1v) is 7.76. The number of aliphatic imine (C=N–C) groups is 1. The zero-order valence-electron chi connectivity index (χ0n) is 13.5. The molecule has 0 amide bonds. The van der Waals surface area contributed by atoms with Crippen molar-refractivity contribution in [3.05, 3.63) is 52.5 Å². The molecule has 3 nitrogen and oxygen atoms in total. The second-order valence-corrected chi connectivity index (χ2v) is 5.78. The summed E-state index contributed by atoms with van der Waals surface area (Å²) in [5, 5.41) is 4.10. The van der Waals surface area contributed by atoms with E-state index in [2.05, 4.69) is 43.2 Å². The minimum Gasteiger partial charge on any atom is -0.366 e. The number of anilines is 2. The van der Waals surface area contributed by atoms with Gasteiger partial charge in [-0.1, -0.05) is 23.7 Å². The molecule has 2 aromatic rings. The van der Waals surface area contributed by atoms with E-state index >= 15 is 0 Å². The SMILES string of the molecule is CCN(C)C=Nc1cc(C)c(Nc2ccccc2Cl)cc1C. The number of benzene rings is 2. The van der Waals surface area contributed by atoms with Crippen molar-refractivity contribution < 1.29 is 0 Å². The molecule has 0 heterocycles. The highest BCUT2D eigenvalue weighted by Gasteiger charge is 2.06. The predicted molar refractivity (Wildman–Crippen MR) is 97.1 cm³/mol. The first-order chi connectivity index (χ1) is 10.5. The number of hydrogen-bond donors (Lipinski definition) is 1. The Bertz CT molecular complexity index is 680. The van der Waals surface area contributed by atoms with Gasteiger partial charge >= 0.3 is 0 Å². The van der Waals surface area contributed by atoms with Crippen LogP contribution in [0.5, 0.6) is 0 Å². The second-order valence-electron chi connectivity index (χ2n) is 5.38. The quantitative estimate of drug-likeness (QED) is 0.598. The Kier molecular flexibility index (Phi) is 5.45. The molecule has 116 valence electrons. The molecule has 0 aliphatic rings. The fourth-order valence-corrected chi connectivity index (χ4v) is 2.21. The van der Waals surface area contributed by atoms with Crippen LogP contribution in [0.25, 0.3) is 0 Å². The first kappa shape index (κ1) is 16.4. The molecule has 22 heavy (non-hydrogen) atoms. The van der Waals surface area contributed by atoms with Gasteiger partial charge in [-0.25, -0.2) is 4.99 Å². The van der Waals surface area contributed by atoms with E-state index in [4.69, 9.17) is 11.6 Å². The van der Waals surface area contributed by atoms with E-state index in [0.717, 1.165) is 34.7 Å².